The maximum Gasteiger partial charge on any atom is 0.161 e. The number of fused-ring (bicyclic) bond motifs is 1. The van der Waals surface area contributed by atoms with Crippen molar-refractivity contribution in [2.75, 3.05) is 7.11 Å². The number of benzene rings is 1. The van der Waals surface area contributed by atoms with Gasteiger partial charge in [-0.15, -0.1) is 0 Å². The van der Waals surface area contributed by atoms with Crippen LogP contribution >= 0.6 is 27.5 Å². The zero-order valence-corrected chi connectivity index (χ0v) is 13.4. The van der Waals surface area contributed by atoms with Gasteiger partial charge in [0.15, 0.2) is 5.82 Å². The highest BCUT2D eigenvalue weighted by Gasteiger charge is 2.12. The number of methoxy groups -OCH3 is 1. The van der Waals surface area contributed by atoms with Crippen LogP contribution in [0, 0.1) is 0 Å². The SMILES string of the molecule is COCc1nc(-c2ccc3nccnc3c2)nc(Cl)c1Br. The van der Waals surface area contributed by atoms with Crippen molar-refractivity contribution in [3.05, 3.63) is 45.9 Å². The average Bonchev–Trinajstić information content (AvgIpc) is 2.51. The summed E-state index contributed by atoms with van der Waals surface area (Å²) in [4.78, 5) is 17.3. The molecule has 0 aliphatic rings. The van der Waals surface area contributed by atoms with E-state index in [2.05, 4.69) is 35.9 Å². The molecule has 0 spiro atoms. The topological polar surface area (TPSA) is 60.8 Å². The predicted molar refractivity (Wildman–Crippen MR) is 84.0 cm³/mol. The van der Waals surface area contributed by atoms with Crippen molar-refractivity contribution in [1.82, 2.24) is 19.9 Å². The maximum absolute atomic E-state index is 6.14. The number of aromatic nitrogens is 4. The van der Waals surface area contributed by atoms with Crippen LogP contribution in [-0.2, 0) is 11.3 Å². The van der Waals surface area contributed by atoms with Gasteiger partial charge in [-0.25, -0.2) is 9.97 Å². The molecule has 3 aromatic rings. The number of nitrogens with zero attached hydrogens (tertiary/aromatic N) is 4. The lowest BCUT2D eigenvalue weighted by molar-refractivity contribution is 0.181. The summed E-state index contributed by atoms with van der Waals surface area (Å²) in [6.45, 7) is 0.350. The van der Waals surface area contributed by atoms with Crippen LogP contribution in [0.4, 0.5) is 0 Å². The number of rotatable bonds is 3. The predicted octanol–water partition coefficient (Wildman–Crippen LogP) is 3.65. The Morgan fingerprint density at radius 1 is 1.14 bits per heavy atom. The Bertz CT molecular complexity index is 812. The second-order valence-corrected chi connectivity index (χ2v) is 5.44. The highest BCUT2D eigenvalue weighted by atomic mass is 79.9. The first-order chi connectivity index (χ1) is 10.2. The number of halogens is 2. The summed E-state index contributed by atoms with van der Waals surface area (Å²) in [7, 11) is 1.60. The normalized spacial score (nSPS) is 11.0. The molecule has 5 nitrogen and oxygen atoms in total. The van der Waals surface area contributed by atoms with E-state index >= 15 is 0 Å². The van der Waals surface area contributed by atoms with E-state index in [-0.39, 0.29) is 0 Å². The monoisotopic (exact) mass is 364 g/mol. The highest BCUT2D eigenvalue weighted by molar-refractivity contribution is 9.10. The van der Waals surface area contributed by atoms with Gasteiger partial charge < -0.3 is 4.74 Å². The Morgan fingerprint density at radius 3 is 2.67 bits per heavy atom. The standard InChI is InChI=1S/C14H10BrClN4O/c1-21-7-11-12(15)13(16)20-14(19-11)8-2-3-9-10(6-8)18-5-4-17-9/h2-6H,7H2,1H3. The van der Waals surface area contributed by atoms with Crippen LogP contribution in [0.1, 0.15) is 5.69 Å². The van der Waals surface area contributed by atoms with Gasteiger partial charge in [0.1, 0.15) is 5.15 Å². The minimum absolute atomic E-state index is 0.350. The Hall–Kier alpha value is -1.63. The van der Waals surface area contributed by atoms with E-state index in [0.717, 1.165) is 16.6 Å². The molecule has 2 aromatic heterocycles. The zero-order chi connectivity index (χ0) is 14.8. The molecule has 106 valence electrons. The summed E-state index contributed by atoms with van der Waals surface area (Å²) in [5.74, 6) is 0.530. The molecule has 0 unspecified atom stereocenters. The van der Waals surface area contributed by atoms with E-state index in [1.165, 1.54) is 0 Å². The molecule has 3 rings (SSSR count). The van der Waals surface area contributed by atoms with Crippen LogP contribution in [0.3, 0.4) is 0 Å². The Kier molecular flexibility index (Phi) is 4.10. The molecule has 0 aliphatic carbocycles. The second-order valence-electron chi connectivity index (χ2n) is 4.29. The average molecular weight is 366 g/mol. The van der Waals surface area contributed by atoms with Crippen molar-refractivity contribution < 1.29 is 4.74 Å². The van der Waals surface area contributed by atoms with Crippen LogP contribution in [0.25, 0.3) is 22.4 Å². The minimum atomic E-state index is 0.350. The van der Waals surface area contributed by atoms with Crippen molar-refractivity contribution in [3.8, 4) is 11.4 Å². The number of hydrogen-bond donors (Lipinski definition) is 0. The third-order valence-electron chi connectivity index (χ3n) is 2.89. The summed E-state index contributed by atoms with van der Waals surface area (Å²) in [6, 6.07) is 5.67. The third-order valence-corrected chi connectivity index (χ3v) is 4.22. The molecule has 0 bridgehead atoms. The molecule has 21 heavy (non-hydrogen) atoms. The molecule has 0 radical (unpaired) electrons. The summed E-state index contributed by atoms with van der Waals surface area (Å²) in [5, 5.41) is 0.353. The molecule has 0 saturated heterocycles. The van der Waals surface area contributed by atoms with Gasteiger partial charge in [0, 0.05) is 25.1 Å². The highest BCUT2D eigenvalue weighted by Crippen LogP contribution is 2.28. The van der Waals surface area contributed by atoms with E-state index < -0.39 is 0 Å². The molecule has 0 N–H and O–H groups in total. The molecular formula is C14H10BrClN4O. The van der Waals surface area contributed by atoms with E-state index in [9.17, 15) is 0 Å². The smallest absolute Gasteiger partial charge is 0.161 e. The van der Waals surface area contributed by atoms with Gasteiger partial charge in [-0.1, -0.05) is 11.6 Å². The molecule has 0 saturated carbocycles. The fourth-order valence-corrected chi connectivity index (χ4v) is 2.41. The lowest BCUT2D eigenvalue weighted by Crippen LogP contribution is -2.00. The van der Waals surface area contributed by atoms with E-state index in [0.29, 0.717) is 27.8 Å². The van der Waals surface area contributed by atoms with Gasteiger partial charge in [0.25, 0.3) is 0 Å². The summed E-state index contributed by atoms with van der Waals surface area (Å²) in [6.07, 6.45) is 3.31. The fraction of sp³-hybridized carbons (Fsp3) is 0.143. The van der Waals surface area contributed by atoms with Gasteiger partial charge in [0.05, 0.1) is 27.8 Å². The molecule has 0 fully saturated rings. The van der Waals surface area contributed by atoms with Crippen molar-refractivity contribution in [3.63, 3.8) is 0 Å². The summed E-state index contributed by atoms with van der Waals surface area (Å²) in [5.41, 5.74) is 3.13. The van der Waals surface area contributed by atoms with Crippen LogP contribution in [0.15, 0.2) is 35.1 Å². The molecular weight excluding hydrogens is 356 g/mol. The molecule has 7 heteroatoms. The van der Waals surface area contributed by atoms with E-state index in [1.54, 1.807) is 19.5 Å². The van der Waals surface area contributed by atoms with Gasteiger partial charge in [-0.05, 0) is 34.1 Å². The quantitative estimate of drug-likeness (QED) is 0.663. The molecule has 0 amide bonds. The van der Waals surface area contributed by atoms with Crippen molar-refractivity contribution in [1.29, 1.82) is 0 Å². The Balaban J connectivity index is 2.13. The van der Waals surface area contributed by atoms with Crippen LogP contribution in [-0.4, -0.2) is 27.0 Å². The lowest BCUT2D eigenvalue weighted by atomic mass is 10.2. The van der Waals surface area contributed by atoms with Crippen molar-refractivity contribution in [2.24, 2.45) is 0 Å². The molecule has 0 atom stereocenters. The van der Waals surface area contributed by atoms with E-state index in [1.807, 2.05) is 18.2 Å². The number of hydrogen-bond acceptors (Lipinski definition) is 5. The van der Waals surface area contributed by atoms with Gasteiger partial charge in [0.2, 0.25) is 0 Å². The maximum atomic E-state index is 6.14. The Morgan fingerprint density at radius 2 is 1.90 bits per heavy atom. The number of ether oxygens (including phenoxy) is 1. The minimum Gasteiger partial charge on any atom is -0.378 e. The molecule has 2 heterocycles. The third kappa shape index (κ3) is 2.88. The summed E-state index contributed by atoms with van der Waals surface area (Å²) < 4.78 is 5.77. The first kappa shape index (κ1) is 14.3. The molecule has 1 aromatic carbocycles. The second kappa shape index (κ2) is 6.01. The largest absolute Gasteiger partial charge is 0.378 e. The summed E-state index contributed by atoms with van der Waals surface area (Å²) >= 11 is 9.51. The van der Waals surface area contributed by atoms with Crippen LogP contribution < -0.4 is 0 Å². The molecule has 0 aliphatic heterocycles. The first-order valence-corrected chi connectivity index (χ1v) is 7.28. The Labute approximate surface area is 134 Å². The van der Waals surface area contributed by atoms with Crippen molar-refractivity contribution >= 4 is 38.6 Å². The van der Waals surface area contributed by atoms with Crippen LogP contribution in [0.5, 0.6) is 0 Å². The fourth-order valence-electron chi connectivity index (χ4n) is 1.93. The van der Waals surface area contributed by atoms with Crippen LogP contribution in [0.2, 0.25) is 5.15 Å². The van der Waals surface area contributed by atoms with Gasteiger partial charge in [-0.3, -0.25) is 9.97 Å². The lowest BCUT2D eigenvalue weighted by Gasteiger charge is -2.08. The van der Waals surface area contributed by atoms with E-state index in [4.69, 9.17) is 16.3 Å². The van der Waals surface area contributed by atoms with Gasteiger partial charge >= 0.3 is 0 Å². The zero-order valence-electron chi connectivity index (χ0n) is 11.0. The van der Waals surface area contributed by atoms with Crippen molar-refractivity contribution in [2.45, 2.75) is 6.61 Å². The first-order valence-electron chi connectivity index (χ1n) is 6.11. The van der Waals surface area contributed by atoms with Gasteiger partial charge in [-0.2, -0.15) is 0 Å².